The van der Waals surface area contributed by atoms with E-state index in [-0.39, 0.29) is 5.91 Å². The summed E-state index contributed by atoms with van der Waals surface area (Å²) in [7, 11) is 1.65. The van der Waals surface area contributed by atoms with E-state index in [9.17, 15) is 4.79 Å². The van der Waals surface area contributed by atoms with Gasteiger partial charge >= 0.3 is 0 Å². The number of ether oxygens (including phenoxy) is 1. The monoisotopic (exact) mass is 359 g/mol. The smallest absolute Gasteiger partial charge is 0.237 e. The second-order valence-electron chi connectivity index (χ2n) is 5.69. The van der Waals surface area contributed by atoms with Crippen molar-refractivity contribution >= 4 is 35.1 Å². The number of carbonyl (C=O) groups is 1. The van der Waals surface area contributed by atoms with Crippen molar-refractivity contribution in [3.8, 4) is 5.75 Å². The lowest BCUT2D eigenvalue weighted by Crippen LogP contribution is -2.33. The fourth-order valence-corrected chi connectivity index (χ4v) is 4.53. The average Bonchev–Trinajstić information content (AvgIpc) is 2.78. The first-order valence-electron chi connectivity index (χ1n) is 8.00. The standard InChI is InChI=1S/C19H21NO2S2/c1-14-11-12-20(17-5-3-4-6-18(17)24-14)19(21)13-23-16-9-7-15(22-2)8-10-16/h3-10,14H,11-13H2,1-2H3/t14-/m1/s1. The van der Waals surface area contributed by atoms with Gasteiger partial charge in [0.05, 0.1) is 18.6 Å². The summed E-state index contributed by atoms with van der Waals surface area (Å²) in [6.45, 7) is 3.01. The third kappa shape index (κ3) is 4.08. The van der Waals surface area contributed by atoms with E-state index in [4.69, 9.17) is 4.74 Å². The van der Waals surface area contributed by atoms with Crippen LogP contribution in [0.25, 0.3) is 0 Å². The number of nitrogens with zero attached hydrogens (tertiary/aromatic N) is 1. The number of para-hydroxylation sites is 1. The number of amides is 1. The molecular weight excluding hydrogens is 338 g/mol. The van der Waals surface area contributed by atoms with E-state index in [1.807, 2.05) is 53.1 Å². The number of hydrogen-bond donors (Lipinski definition) is 0. The molecule has 1 amide bonds. The summed E-state index contributed by atoms with van der Waals surface area (Å²) in [5.41, 5.74) is 1.05. The second kappa shape index (κ2) is 7.99. The molecule has 0 aliphatic carbocycles. The van der Waals surface area contributed by atoms with Crippen molar-refractivity contribution in [2.24, 2.45) is 0 Å². The minimum atomic E-state index is 0.165. The van der Waals surface area contributed by atoms with E-state index in [1.54, 1.807) is 18.9 Å². The number of hydrogen-bond acceptors (Lipinski definition) is 4. The van der Waals surface area contributed by atoms with Crippen LogP contribution in [0.3, 0.4) is 0 Å². The van der Waals surface area contributed by atoms with Crippen molar-refractivity contribution in [3.63, 3.8) is 0 Å². The lowest BCUT2D eigenvalue weighted by atomic mass is 10.2. The molecule has 1 aliphatic rings. The van der Waals surface area contributed by atoms with E-state index in [2.05, 4.69) is 19.1 Å². The molecule has 3 rings (SSSR count). The number of anilines is 1. The summed E-state index contributed by atoms with van der Waals surface area (Å²) >= 11 is 3.43. The van der Waals surface area contributed by atoms with Gasteiger partial charge in [0.1, 0.15) is 5.75 Å². The number of benzene rings is 2. The molecule has 2 aromatic carbocycles. The fourth-order valence-electron chi connectivity index (χ4n) is 2.64. The molecule has 0 unspecified atom stereocenters. The van der Waals surface area contributed by atoms with Crippen LogP contribution in [-0.2, 0) is 4.79 Å². The predicted octanol–water partition coefficient (Wildman–Crippen LogP) is 4.70. The Kier molecular flexibility index (Phi) is 5.74. The minimum absolute atomic E-state index is 0.165. The molecule has 3 nitrogen and oxygen atoms in total. The summed E-state index contributed by atoms with van der Waals surface area (Å²) in [6, 6.07) is 16.0. The van der Waals surface area contributed by atoms with E-state index in [0.717, 1.165) is 29.3 Å². The molecule has 0 bridgehead atoms. The van der Waals surface area contributed by atoms with Gasteiger partial charge in [-0.1, -0.05) is 19.1 Å². The minimum Gasteiger partial charge on any atom is -0.497 e. The molecule has 1 heterocycles. The molecule has 0 fully saturated rings. The molecule has 0 radical (unpaired) electrons. The van der Waals surface area contributed by atoms with Crippen LogP contribution in [0.5, 0.6) is 5.75 Å². The SMILES string of the molecule is COc1ccc(SCC(=O)N2CC[C@@H](C)Sc3ccccc32)cc1. The van der Waals surface area contributed by atoms with Crippen LogP contribution in [-0.4, -0.2) is 30.6 Å². The van der Waals surface area contributed by atoms with Crippen LogP contribution < -0.4 is 9.64 Å². The Hall–Kier alpha value is -1.59. The van der Waals surface area contributed by atoms with Gasteiger partial charge in [-0.15, -0.1) is 23.5 Å². The summed E-state index contributed by atoms with van der Waals surface area (Å²) in [4.78, 5) is 17.0. The first-order chi connectivity index (χ1) is 11.7. The molecule has 24 heavy (non-hydrogen) atoms. The molecule has 0 saturated heterocycles. The van der Waals surface area contributed by atoms with E-state index < -0.39 is 0 Å². The predicted molar refractivity (Wildman–Crippen MR) is 102 cm³/mol. The van der Waals surface area contributed by atoms with Gasteiger partial charge in [0.25, 0.3) is 0 Å². The van der Waals surface area contributed by atoms with Gasteiger partial charge in [-0.3, -0.25) is 4.79 Å². The molecule has 5 heteroatoms. The van der Waals surface area contributed by atoms with Crippen molar-refractivity contribution in [1.29, 1.82) is 0 Å². The average molecular weight is 360 g/mol. The van der Waals surface area contributed by atoms with Gasteiger partial charge in [-0.25, -0.2) is 0 Å². The molecule has 1 aliphatic heterocycles. The van der Waals surface area contributed by atoms with Gasteiger partial charge in [0.2, 0.25) is 5.91 Å². The highest BCUT2D eigenvalue weighted by molar-refractivity contribution is 8.00. The molecule has 0 saturated carbocycles. The van der Waals surface area contributed by atoms with Crippen molar-refractivity contribution < 1.29 is 9.53 Å². The Morgan fingerprint density at radius 3 is 2.75 bits per heavy atom. The van der Waals surface area contributed by atoms with Crippen molar-refractivity contribution in [2.45, 2.75) is 28.4 Å². The van der Waals surface area contributed by atoms with Crippen molar-refractivity contribution in [1.82, 2.24) is 0 Å². The van der Waals surface area contributed by atoms with Gasteiger partial charge in [0.15, 0.2) is 0 Å². The van der Waals surface area contributed by atoms with Gasteiger partial charge in [-0.05, 0) is 42.8 Å². The zero-order chi connectivity index (χ0) is 16.9. The third-order valence-corrected chi connectivity index (χ3v) is 6.20. The normalized spacial score (nSPS) is 17.1. The van der Waals surface area contributed by atoms with E-state index in [0.29, 0.717) is 11.0 Å². The topological polar surface area (TPSA) is 29.5 Å². The maximum Gasteiger partial charge on any atom is 0.237 e. The van der Waals surface area contributed by atoms with Gasteiger partial charge < -0.3 is 9.64 Å². The zero-order valence-corrected chi connectivity index (χ0v) is 15.5. The summed E-state index contributed by atoms with van der Waals surface area (Å²) < 4.78 is 5.17. The van der Waals surface area contributed by atoms with Crippen LogP contribution in [0.4, 0.5) is 5.69 Å². The van der Waals surface area contributed by atoms with Crippen molar-refractivity contribution in [3.05, 3.63) is 48.5 Å². The quantitative estimate of drug-likeness (QED) is 0.740. The van der Waals surface area contributed by atoms with Crippen LogP contribution in [0.2, 0.25) is 0 Å². The molecule has 126 valence electrons. The van der Waals surface area contributed by atoms with E-state index >= 15 is 0 Å². The molecule has 0 aromatic heterocycles. The Morgan fingerprint density at radius 1 is 1.25 bits per heavy atom. The Balaban J connectivity index is 1.70. The molecule has 1 atom stereocenters. The molecule has 2 aromatic rings. The van der Waals surface area contributed by atoms with Crippen LogP contribution in [0.1, 0.15) is 13.3 Å². The highest BCUT2D eigenvalue weighted by Crippen LogP contribution is 2.37. The fraction of sp³-hybridized carbons (Fsp3) is 0.316. The van der Waals surface area contributed by atoms with Gasteiger partial charge in [-0.2, -0.15) is 0 Å². The molecule has 0 spiro atoms. The Labute approximate surface area is 151 Å². The van der Waals surface area contributed by atoms with E-state index in [1.165, 1.54) is 4.90 Å². The molecule has 0 N–H and O–H groups in total. The number of fused-ring (bicyclic) bond motifs is 1. The number of methoxy groups -OCH3 is 1. The Morgan fingerprint density at radius 2 is 2.00 bits per heavy atom. The first kappa shape index (κ1) is 17.2. The van der Waals surface area contributed by atoms with Crippen molar-refractivity contribution in [2.75, 3.05) is 24.3 Å². The van der Waals surface area contributed by atoms with Gasteiger partial charge in [0, 0.05) is 21.6 Å². The van der Waals surface area contributed by atoms with Crippen LogP contribution in [0.15, 0.2) is 58.3 Å². The number of carbonyl (C=O) groups excluding carboxylic acids is 1. The first-order valence-corrected chi connectivity index (χ1v) is 9.87. The Bertz CT molecular complexity index is 703. The lowest BCUT2D eigenvalue weighted by Gasteiger charge is -2.22. The maximum absolute atomic E-state index is 12.8. The molecular formula is C19H21NO2S2. The van der Waals surface area contributed by atoms with Crippen LogP contribution >= 0.6 is 23.5 Å². The highest BCUT2D eigenvalue weighted by Gasteiger charge is 2.23. The third-order valence-electron chi connectivity index (χ3n) is 3.97. The largest absolute Gasteiger partial charge is 0.497 e. The zero-order valence-electron chi connectivity index (χ0n) is 13.9. The highest BCUT2D eigenvalue weighted by atomic mass is 32.2. The summed E-state index contributed by atoms with van der Waals surface area (Å²) in [5, 5.41) is 0.526. The lowest BCUT2D eigenvalue weighted by molar-refractivity contribution is -0.116. The number of thioether (sulfide) groups is 2. The second-order valence-corrected chi connectivity index (χ2v) is 8.22. The maximum atomic E-state index is 12.8. The number of rotatable bonds is 4. The summed E-state index contributed by atoms with van der Waals surface area (Å²) in [5.74, 6) is 1.44. The van der Waals surface area contributed by atoms with Crippen LogP contribution in [0, 0.1) is 0 Å². The summed E-state index contributed by atoms with van der Waals surface area (Å²) in [6.07, 6.45) is 1.01.